The minimum absolute atomic E-state index is 0.0792. The molecule has 70 heavy (non-hydrogen) atoms. The minimum Gasteiger partial charge on any atom is -0.426 e. The van der Waals surface area contributed by atoms with Crippen LogP contribution in [0.2, 0.25) is 0 Å². The summed E-state index contributed by atoms with van der Waals surface area (Å²) in [6, 6.07) is 8.13. The van der Waals surface area contributed by atoms with E-state index in [9.17, 15) is 10.2 Å². The fourth-order valence-corrected chi connectivity index (χ4v) is 11.2. The van der Waals surface area contributed by atoms with Gasteiger partial charge in [-0.2, -0.15) is 0 Å². The van der Waals surface area contributed by atoms with Crippen molar-refractivity contribution in [2.24, 2.45) is 11.8 Å². The van der Waals surface area contributed by atoms with Crippen LogP contribution >= 0.6 is 22.7 Å². The quantitative estimate of drug-likeness (QED) is 0.0514. The zero-order chi connectivity index (χ0) is 51.5. The molecule has 2 aromatic heterocycles. The number of carbonyl (C=O) groups is 2. The van der Waals surface area contributed by atoms with Crippen LogP contribution in [0.25, 0.3) is 11.4 Å². The standard InChI is InChI=1S/C58H96B2N2O6S2/c1-13-17-21-25-27-31-35-43(33-29-23-19-15-3)41-61-51(45-37-39-47(69-45)59-67-57(9,10)55(5,6)65)49-50(53(61)63)52(46-38-40-48(70-46)60-68-58(11,12)56(7,8)66)62(54(49)64)42-44(34-30-24-20-16-4)36-32-28-26-22-18-14-2/h37-40,43-44,65-66H,13-36,41-42H2,1-12H3. The fourth-order valence-electron chi connectivity index (χ4n) is 9.36. The highest BCUT2D eigenvalue weighted by atomic mass is 32.1. The molecule has 0 aliphatic carbocycles. The van der Waals surface area contributed by atoms with E-state index in [-0.39, 0.29) is 11.8 Å². The van der Waals surface area contributed by atoms with Crippen LogP contribution in [0.5, 0.6) is 0 Å². The molecule has 2 N–H and O–H groups in total. The van der Waals surface area contributed by atoms with Crippen LogP contribution < -0.4 is 9.55 Å². The number of hydrogen-bond donors (Lipinski definition) is 2. The van der Waals surface area contributed by atoms with Gasteiger partial charge in [0.25, 0.3) is 11.8 Å². The van der Waals surface area contributed by atoms with E-state index in [1.54, 1.807) is 42.7 Å². The van der Waals surface area contributed by atoms with Gasteiger partial charge in [-0.15, -0.1) is 22.7 Å². The Kier molecular flexibility index (Phi) is 25.0. The van der Waals surface area contributed by atoms with Gasteiger partial charge in [0.15, 0.2) is 0 Å². The smallest absolute Gasteiger partial charge is 0.341 e. The molecule has 0 saturated carbocycles. The van der Waals surface area contributed by atoms with Crippen molar-refractivity contribution in [3.63, 3.8) is 0 Å². The first-order valence-electron chi connectivity index (χ1n) is 28.0. The Bertz CT molecular complexity index is 1820. The molecule has 0 bridgehead atoms. The summed E-state index contributed by atoms with van der Waals surface area (Å²) in [6.45, 7) is 24.7. The van der Waals surface area contributed by atoms with Crippen LogP contribution in [0.3, 0.4) is 0 Å². The van der Waals surface area contributed by atoms with E-state index in [1.165, 1.54) is 125 Å². The second-order valence-electron chi connectivity index (χ2n) is 22.8. The Morgan fingerprint density at radius 1 is 0.471 bits per heavy atom. The Morgan fingerprint density at radius 2 is 0.757 bits per heavy atom. The number of hydrogen-bond acceptors (Lipinski definition) is 8. The van der Waals surface area contributed by atoms with Crippen molar-refractivity contribution in [1.29, 1.82) is 0 Å². The molecule has 8 nitrogen and oxygen atoms in total. The van der Waals surface area contributed by atoms with Gasteiger partial charge in [-0.1, -0.05) is 168 Å². The van der Waals surface area contributed by atoms with E-state index in [0.29, 0.717) is 36.1 Å². The van der Waals surface area contributed by atoms with Crippen LogP contribution in [-0.2, 0) is 18.9 Å². The predicted molar refractivity (Wildman–Crippen MR) is 300 cm³/mol. The third-order valence-electron chi connectivity index (χ3n) is 15.5. The lowest BCUT2D eigenvalue weighted by Crippen LogP contribution is -2.49. The normalized spacial score (nSPS) is 15.8. The number of thiophene rings is 2. The van der Waals surface area contributed by atoms with E-state index in [1.807, 2.05) is 49.6 Å². The first-order chi connectivity index (χ1) is 33.2. The zero-order valence-electron chi connectivity index (χ0n) is 46.2. The van der Waals surface area contributed by atoms with Gasteiger partial charge in [0.05, 0.1) is 54.7 Å². The molecule has 4 rings (SSSR count). The van der Waals surface area contributed by atoms with Crippen LogP contribution in [0, 0.1) is 11.8 Å². The number of rotatable bonds is 38. The molecule has 12 heteroatoms. The molecule has 2 aliphatic heterocycles. The lowest BCUT2D eigenvalue weighted by atomic mass is 9.86. The number of carbonyl (C=O) groups excluding carboxylic acids is 2. The van der Waals surface area contributed by atoms with E-state index in [0.717, 1.165) is 82.1 Å². The summed E-state index contributed by atoms with van der Waals surface area (Å²) < 4.78 is 14.2. The number of aliphatic hydroxyl groups is 2. The second-order valence-corrected chi connectivity index (χ2v) is 25.1. The minimum atomic E-state index is -1.08. The molecule has 0 spiro atoms. The van der Waals surface area contributed by atoms with E-state index in [2.05, 4.69) is 39.8 Å². The van der Waals surface area contributed by atoms with Gasteiger partial charge in [-0.3, -0.25) is 9.59 Å². The Morgan fingerprint density at radius 3 is 1.06 bits per heavy atom. The highest BCUT2D eigenvalue weighted by Gasteiger charge is 2.50. The average Bonchev–Trinajstić information content (AvgIpc) is 4.09. The van der Waals surface area contributed by atoms with Crippen LogP contribution in [0.4, 0.5) is 0 Å². The van der Waals surface area contributed by atoms with Gasteiger partial charge in [0, 0.05) is 22.6 Å². The Balaban J connectivity index is 1.87. The first-order valence-corrected chi connectivity index (χ1v) is 29.6. The number of unbranched alkanes of at least 4 members (excludes halogenated alkanes) is 16. The third kappa shape index (κ3) is 17.5. The Hall–Kier alpha value is -2.21. The predicted octanol–water partition coefficient (Wildman–Crippen LogP) is 13.9. The van der Waals surface area contributed by atoms with Gasteiger partial charge in [0.1, 0.15) is 0 Å². The molecule has 2 aliphatic rings. The highest BCUT2D eigenvalue weighted by molar-refractivity contribution is 7.22. The van der Waals surface area contributed by atoms with Crippen molar-refractivity contribution in [1.82, 2.24) is 9.80 Å². The summed E-state index contributed by atoms with van der Waals surface area (Å²) >= 11 is 3.07. The average molecular weight is 1000 g/mol. The molecule has 2 aromatic rings. The topological polar surface area (TPSA) is 99.5 Å². The Labute approximate surface area is 436 Å². The van der Waals surface area contributed by atoms with Crippen molar-refractivity contribution in [3.8, 4) is 0 Å². The fraction of sp³-hybridized carbons (Fsp3) is 0.759. The molecule has 392 valence electrons. The number of nitrogens with zero attached hydrogens (tertiary/aromatic N) is 2. The molecular formula is C58H96B2N2O6S2. The van der Waals surface area contributed by atoms with Crippen molar-refractivity contribution < 1.29 is 29.1 Å². The molecule has 2 radical (unpaired) electrons. The van der Waals surface area contributed by atoms with Gasteiger partial charge in [-0.05, 0) is 105 Å². The van der Waals surface area contributed by atoms with Gasteiger partial charge in [0.2, 0.25) is 0 Å². The molecule has 0 saturated heterocycles. The lowest BCUT2D eigenvalue weighted by molar-refractivity contribution is -0.124. The van der Waals surface area contributed by atoms with Gasteiger partial charge in [-0.25, -0.2) is 0 Å². The van der Waals surface area contributed by atoms with Crippen LogP contribution in [-0.4, -0.2) is 82.3 Å². The summed E-state index contributed by atoms with van der Waals surface area (Å²) in [7, 11) is 3.43. The molecule has 2 unspecified atom stereocenters. The maximum absolute atomic E-state index is 15.7. The SMILES string of the molecule is CCCCCCCCC(CCCCCC)CN1C(=O)C2=C(c3ccc([B]OC(C)(C)C(C)(C)O)s3)N(CC(CCCCCC)CCCCCCCC)C(=O)C2=C1c1ccc([B]OC(C)(C)C(C)(C)O)s1. The molecule has 0 fully saturated rings. The molecule has 2 atom stereocenters. The monoisotopic (exact) mass is 1000 g/mol. The van der Waals surface area contributed by atoms with Gasteiger partial charge < -0.3 is 29.3 Å². The largest absolute Gasteiger partial charge is 0.426 e. The third-order valence-corrected chi connectivity index (χ3v) is 17.6. The first kappa shape index (κ1) is 60.3. The number of amides is 2. The summed E-state index contributed by atoms with van der Waals surface area (Å²) in [5.74, 6) is 0.458. The van der Waals surface area contributed by atoms with Crippen LogP contribution in [0.1, 0.15) is 247 Å². The summed E-state index contributed by atoms with van der Waals surface area (Å²) in [5, 5.41) is 21.8. The maximum atomic E-state index is 15.7. The highest BCUT2D eigenvalue weighted by Crippen LogP contribution is 2.49. The van der Waals surface area contributed by atoms with E-state index in [4.69, 9.17) is 9.31 Å². The van der Waals surface area contributed by atoms with Crippen molar-refractivity contribution in [3.05, 3.63) is 45.2 Å². The molecule has 0 aromatic carbocycles. The van der Waals surface area contributed by atoms with Crippen molar-refractivity contribution in [2.75, 3.05) is 13.1 Å². The van der Waals surface area contributed by atoms with Crippen molar-refractivity contribution in [2.45, 2.75) is 260 Å². The summed E-state index contributed by atoms with van der Waals surface area (Å²) in [6.07, 6.45) is 28.4. The summed E-state index contributed by atoms with van der Waals surface area (Å²) in [5.41, 5.74) is -1.36. The van der Waals surface area contributed by atoms with E-state index >= 15 is 9.59 Å². The molecule has 4 heterocycles. The molecule has 2 amide bonds. The maximum Gasteiger partial charge on any atom is 0.341 e. The molecular weight excluding hydrogens is 906 g/mol. The lowest BCUT2D eigenvalue weighted by Gasteiger charge is -2.37. The van der Waals surface area contributed by atoms with Crippen molar-refractivity contribution >= 4 is 70.4 Å². The zero-order valence-corrected chi connectivity index (χ0v) is 47.9. The number of fused-ring (bicyclic) bond motifs is 1. The van der Waals surface area contributed by atoms with Crippen LogP contribution in [0.15, 0.2) is 35.4 Å². The second kappa shape index (κ2) is 29.0. The van der Waals surface area contributed by atoms with E-state index < -0.39 is 22.4 Å². The van der Waals surface area contributed by atoms with Gasteiger partial charge >= 0.3 is 15.0 Å². The summed E-state index contributed by atoms with van der Waals surface area (Å²) in [4.78, 5) is 37.2.